The summed E-state index contributed by atoms with van der Waals surface area (Å²) < 4.78 is 0. The Kier molecular flexibility index (Phi) is 5.01. The van der Waals surface area contributed by atoms with Gasteiger partial charge in [-0.05, 0) is 29.5 Å². The van der Waals surface area contributed by atoms with E-state index in [0.29, 0.717) is 0 Å². The van der Waals surface area contributed by atoms with Gasteiger partial charge in [-0.1, -0.05) is 74.4 Å². The van der Waals surface area contributed by atoms with Crippen LogP contribution in [0.1, 0.15) is 42.9 Å². The molecule has 0 amide bonds. The highest BCUT2D eigenvalue weighted by Gasteiger charge is 1.97. The zero-order valence-electron chi connectivity index (χ0n) is 11.1. The Morgan fingerprint density at radius 1 is 0.778 bits per heavy atom. The van der Waals surface area contributed by atoms with E-state index in [0.717, 1.165) is 0 Å². The van der Waals surface area contributed by atoms with Crippen LogP contribution in [0.2, 0.25) is 0 Å². The highest BCUT2D eigenvalue weighted by atomic mass is 14.0. The van der Waals surface area contributed by atoms with Crippen molar-refractivity contribution in [2.24, 2.45) is 0 Å². The maximum atomic E-state index is 2.25. The Hall–Kier alpha value is -1.56. The minimum atomic E-state index is 1.21. The summed E-state index contributed by atoms with van der Waals surface area (Å²) in [5.74, 6) is 0. The number of rotatable bonds is 6. The van der Waals surface area contributed by atoms with Crippen LogP contribution < -0.4 is 0 Å². The molecule has 0 saturated heterocycles. The summed E-state index contributed by atoms with van der Waals surface area (Å²) in [4.78, 5) is 0. The van der Waals surface area contributed by atoms with E-state index in [2.05, 4.69) is 61.9 Å². The quantitative estimate of drug-likeness (QED) is 0.619. The first-order valence-electron chi connectivity index (χ1n) is 6.87. The Morgan fingerprint density at radius 3 is 2.11 bits per heavy atom. The number of aryl methyl sites for hydroxylation is 1. The van der Waals surface area contributed by atoms with E-state index < -0.39 is 0 Å². The minimum absolute atomic E-state index is 1.21. The van der Waals surface area contributed by atoms with E-state index in [1.54, 1.807) is 0 Å². The van der Waals surface area contributed by atoms with Gasteiger partial charge in [-0.2, -0.15) is 0 Å². The molecule has 0 aliphatic carbocycles. The summed E-state index contributed by atoms with van der Waals surface area (Å²) in [6.45, 7) is 2.25. The first-order chi connectivity index (χ1) is 8.88. The van der Waals surface area contributed by atoms with E-state index in [1.807, 2.05) is 6.07 Å². The van der Waals surface area contributed by atoms with Gasteiger partial charge in [0.25, 0.3) is 0 Å². The fraction of sp³-hybridized carbons (Fsp3) is 0.278. The van der Waals surface area contributed by atoms with Gasteiger partial charge in [0.1, 0.15) is 0 Å². The summed E-state index contributed by atoms with van der Waals surface area (Å²) in [6.07, 6.45) is 7.35. The van der Waals surface area contributed by atoms with Gasteiger partial charge in [0, 0.05) is 6.42 Å². The summed E-state index contributed by atoms with van der Waals surface area (Å²) in [5, 5.41) is 0. The maximum absolute atomic E-state index is 2.25. The molecular formula is C18H21. The van der Waals surface area contributed by atoms with Crippen molar-refractivity contribution in [3.63, 3.8) is 0 Å². The van der Waals surface area contributed by atoms with Crippen LogP contribution in [0.25, 0.3) is 0 Å². The topological polar surface area (TPSA) is 0 Å². The van der Waals surface area contributed by atoms with Gasteiger partial charge >= 0.3 is 0 Å². The van der Waals surface area contributed by atoms with Crippen LogP contribution in [0.5, 0.6) is 0 Å². The smallest absolute Gasteiger partial charge is 0.0199 e. The average Bonchev–Trinajstić information content (AvgIpc) is 2.42. The lowest BCUT2D eigenvalue weighted by molar-refractivity contribution is 0.717. The van der Waals surface area contributed by atoms with Gasteiger partial charge in [-0.25, -0.2) is 0 Å². The Morgan fingerprint density at radius 2 is 1.44 bits per heavy atom. The van der Waals surface area contributed by atoms with Crippen LogP contribution in [-0.4, -0.2) is 0 Å². The van der Waals surface area contributed by atoms with Crippen LogP contribution in [0.15, 0.2) is 54.6 Å². The number of hydrogen-bond acceptors (Lipinski definition) is 0. The van der Waals surface area contributed by atoms with Gasteiger partial charge in [-0.3, -0.25) is 0 Å². The molecule has 0 unspecified atom stereocenters. The van der Waals surface area contributed by atoms with Gasteiger partial charge in [0.15, 0.2) is 0 Å². The molecular weight excluding hydrogens is 216 g/mol. The zero-order chi connectivity index (χ0) is 12.6. The van der Waals surface area contributed by atoms with E-state index >= 15 is 0 Å². The van der Waals surface area contributed by atoms with Gasteiger partial charge < -0.3 is 0 Å². The van der Waals surface area contributed by atoms with Crippen molar-refractivity contribution >= 4 is 0 Å². The second kappa shape index (κ2) is 7.00. The molecule has 93 valence electrons. The minimum Gasteiger partial charge on any atom is -0.0654 e. The molecule has 0 saturated carbocycles. The first-order valence-corrected chi connectivity index (χ1v) is 6.87. The van der Waals surface area contributed by atoms with Crippen molar-refractivity contribution < 1.29 is 0 Å². The molecule has 18 heavy (non-hydrogen) atoms. The second-order valence-electron chi connectivity index (χ2n) is 4.75. The molecule has 0 N–H and O–H groups in total. The van der Waals surface area contributed by atoms with Gasteiger partial charge in [-0.15, -0.1) is 0 Å². The van der Waals surface area contributed by atoms with Crippen LogP contribution in [0, 0.1) is 6.42 Å². The highest BCUT2D eigenvalue weighted by Crippen LogP contribution is 2.14. The summed E-state index contributed by atoms with van der Waals surface area (Å²) >= 11 is 0. The van der Waals surface area contributed by atoms with E-state index in [4.69, 9.17) is 0 Å². The molecule has 0 bridgehead atoms. The third kappa shape index (κ3) is 4.03. The fourth-order valence-corrected chi connectivity index (χ4v) is 2.10. The van der Waals surface area contributed by atoms with Crippen molar-refractivity contribution in [3.8, 4) is 0 Å². The van der Waals surface area contributed by atoms with E-state index in [9.17, 15) is 0 Å². The van der Waals surface area contributed by atoms with E-state index in [1.165, 1.54) is 42.4 Å². The molecule has 0 aromatic heterocycles. The van der Waals surface area contributed by atoms with E-state index in [-0.39, 0.29) is 0 Å². The molecule has 0 heteroatoms. The predicted molar refractivity (Wildman–Crippen MR) is 78.6 cm³/mol. The van der Waals surface area contributed by atoms with Crippen LogP contribution in [0.3, 0.4) is 0 Å². The molecule has 2 rings (SSSR count). The molecule has 2 aromatic rings. The Bertz CT molecular complexity index is 439. The van der Waals surface area contributed by atoms with Crippen LogP contribution in [0.4, 0.5) is 0 Å². The van der Waals surface area contributed by atoms with Crippen molar-refractivity contribution in [3.05, 3.63) is 77.7 Å². The van der Waals surface area contributed by atoms with Crippen LogP contribution >= 0.6 is 0 Å². The lowest BCUT2D eigenvalue weighted by Crippen LogP contribution is -1.88. The van der Waals surface area contributed by atoms with Crippen LogP contribution in [-0.2, 0) is 6.42 Å². The standard InChI is InChI=1S/C18H21/c1-2-3-5-8-16-11-13-18(14-12-16)15-17-9-6-4-7-10-17/h4,6-7,9-15H,2-3,5,8H2,1H3. The van der Waals surface area contributed by atoms with Crippen molar-refractivity contribution in [2.45, 2.75) is 32.6 Å². The third-order valence-electron chi connectivity index (χ3n) is 3.18. The van der Waals surface area contributed by atoms with Crippen molar-refractivity contribution in [2.75, 3.05) is 0 Å². The largest absolute Gasteiger partial charge is 0.0654 e. The summed E-state index contributed by atoms with van der Waals surface area (Å²) in [6, 6.07) is 19.4. The second-order valence-corrected chi connectivity index (χ2v) is 4.75. The summed E-state index contributed by atoms with van der Waals surface area (Å²) in [7, 11) is 0. The lowest BCUT2D eigenvalue weighted by Gasteiger charge is -2.04. The number of hydrogen-bond donors (Lipinski definition) is 0. The lowest BCUT2D eigenvalue weighted by atomic mass is 10.0. The third-order valence-corrected chi connectivity index (χ3v) is 3.18. The number of benzene rings is 2. The Labute approximate surface area is 111 Å². The maximum Gasteiger partial charge on any atom is 0.0199 e. The molecule has 0 atom stereocenters. The molecule has 0 heterocycles. The highest BCUT2D eigenvalue weighted by molar-refractivity contribution is 5.37. The first kappa shape index (κ1) is 12.9. The molecule has 0 spiro atoms. The normalized spacial score (nSPS) is 10.5. The predicted octanol–water partition coefficient (Wildman–Crippen LogP) is 5.02. The van der Waals surface area contributed by atoms with Gasteiger partial charge in [0.2, 0.25) is 0 Å². The molecule has 2 aromatic carbocycles. The molecule has 0 aliphatic heterocycles. The molecule has 0 aliphatic rings. The van der Waals surface area contributed by atoms with Crippen molar-refractivity contribution in [1.29, 1.82) is 0 Å². The molecule has 0 nitrogen and oxygen atoms in total. The SMILES string of the molecule is CCCCCc1ccc([CH]c2ccccc2)cc1. The fourth-order valence-electron chi connectivity index (χ4n) is 2.10. The van der Waals surface area contributed by atoms with Crippen molar-refractivity contribution in [1.82, 2.24) is 0 Å². The Balaban J connectivity index is 1.91. The van der Waals surface area contributed by atoms with Gasteiger partial charge in [0.05, 0.1) is 0 Å². The summed E-state index contributed by atoms with van der Waals surface area (Å²) in [5.41, 5.74) is 3.99. The number of unbranched alkanes of at least 4 members (excludes halogenated alkanes) is 2. The molecule has 1 radical (unpaired) electrons. The molecule has 0 fully saturated rings. The zero-order valence-corrected chi connectivity index (χ0v) is 11.1. The monoisotopic (exact) mass is 237 g/mol. The average molecular weight is 237 g/mol.